The molecule has 4 heteroatoms. The maximum atomic E-state index is 12.7. The highest BCUT2D eigenvalue weighted by Gasteiger charge is 2.38. The summed E-state index contributed by atoms with van der Waals surface area (Å²) in [5, 5.41) is 9.23. The molecule has 0 bridgehead atoms. The van der Waals surface area contributed by atoms with E-state index in [1.165, 1.54) is 5.56 Å². The molecule has 4 nitrogen and oxygen atoms in total. The van der Waals surface area contributed by atoms with Gasteiger partial charge >= 0.3 is 5.97 Å². The third-order valence-electron chi connectivity index (χ3n) is 4.49. The van der Waals surface area contributed by atoms with Crippen molar-refractivity contribution in [2.24, 2.45) is 0 Å². The van der Waals surface area contributed by atoms with Gasteiger partial charge in [0.05, 0.1) is 5.92 Å². The molecule has 2 atom stereocenters. The first-order valence-electron chi connectivity index (χ1n) is 7.29. The number of hydrogen-bond donors (Lipinski definition) is 1. The first-order valence-corrected chi connectivity index (χ1v) is 7.29. The summed E-state index contributed by atoms with van der Waals surface area (Å²) in [4.78, 5) is 25.6. The minimum Gasteiger partial charge on any atom is -0.480 e. The minimum absolute atomic E-state index is 0.00190. The van der Waals surface area contributed by atoms with E-state index in [0.29, 0.717) is 13.0 Å². The average Bonchev–Trinajstić information content (AvgIpc) is 2.95. The maximum absolute atomic E-state index is 12.7. The second-order valence-corrected chi connectivity index (χ2v) is 5.67. The topological polar surface area (TPSA) is 57.6 Å². The first kappa shape index (κ1) is 13.2. The number of likely N-dealkylation sites (tertiary alicyclic amines) is 1. The summed E-state index contributed by atoms with van der Waals surface area (Å²) in [5.41, 5.74) is 2.34. The third kappa shape index (κ3) is 2.19. The van der Waals surface area contributed by atoms with Crippen LogP contribution in [0, 0.1) is 0 Å². The average molecular weight is 273 g/mol. The fourth-order valence-electron chi connectivity index (χ4n) is 3.50. The van der Waals surface area contributed by atoms with Crippen LogP contribution in [0.4, 0.5) is 0 Å². The summed E-state index contributed by atoms with van der Waals surface area (Å²) in [6.45, 7) is 0.578. The van der Waals surface area contributed by atoms with E-state index in [1.807, 2.05) is 18.2 Å². The zero-order valence-electron chi connectivity index (χ0n) is 11.4. The molecule has 106 valence electrons. The molecule has 0 radical (unpaired) electrons. The maximum Gasteiger partial charge on any atom is 0.326 e. The van der Waals surface area contributed by atoms with E-state index < -0.39 is 12.0 Å². The standard InChI is InChI=1S/C16H19NO3/c18-15(17-10-4-9-14(17)16(19)20)13-8-3-6-11-5-1-2-7-12(11)13/h1-2,5,7,13-14H,3-4,6,8-10H2,(H,19,20)/t13?,14-/m0/s1. The molecule has 2 aliphatic rings. The van der Waals surface area contributed by atoms with Gasteiger partial charge in [-0.2, -0.15) is 0 Å². The van der Waals surface area contributed by atoms with Crippen molar-refractivity contribution in [3.8, 4) is 0 Å². The highest BCUT2D eigenvalue weighted by Crippen LogP contribution is 2.34. The molecule has 1 saturated heterocycles. The van der Waals surface area contributed by atoms with Gasteiger partial charge in [0.25, 0.3) is 0 Å². The Morgan fingerprint density at radius 3 is 2.75 bits per heavy atom. The summed E-state index contributed by atoms with van der Waals surface area (Å²) >= 11 is 0. The number of nitrogens with zero attached hydrogens (tertiary/aromatic N) is 1. The zero-order chi connectivity index (χ0) is 14.1. The van der Waals surface area contributed by atoms with Crippen LogP contribution in [0.5, 0.6) is 0 Å². The number of amides is 1. The molecule has 1 aliphatic carbocycles. The van der Waals surface area contributed by atoms with Crippen molar-refractivity contribution in [2.45, 2.75) is 44.1 Å². The SMILES string of the molecule is O=C(O)[C@@H]1CCCN1C(=O)C1CCCc2ccccc21. The van der Waals surface area contributed by atoms with Crippen molar-refractivity contribution >= 4 is 11.9 Å². The van der Waals surface area contributed by atoms with Crippen LogP contribution in [0.2, 0.25) is 0 Å². The number of aliphatic carboxylic acids is 1. The number of hydrogen-bond acceptors (Lipinski definition) is 2. The predicted molar refractivity (Wildman–Crippen MR) is 74.5 cm³/mol. The summed E-state index contributed by atoms with van der Waals surface area (Å²) in [5.74, 6) is -1.03. The fourth-order valence-corrected chi connectivity index (χ4v) is 3.50. The molecular formula is C16H19NO3. The van der Waals surface area contributed by atoms with Crippen molar-refractivity contribution in [3.63, 3.8) is 0 Å². The molecule has 1 amide bonds. The summed E-state index contributed by atoms with van der Waals surface area (Å²) in [7, 11) is 0. The number of carbonyl (C=O) groups is 2. The van der Waals surface area contributed by atoms with Crippen molar-refractivity contribution in [2.75, 3.05) is 6.54 Å². The Morgan fingerprint density at radius 1 is 1.15 bits per heavy atom. The molecule has 20 heavy (non-hydrogen) atoms. The van der Waals surface area contributed by atoms with Crippen molar-refractivity contribution in [1.29, 1.82) is 0 Å². The first-order chi connectivity index (χ1) is 9.68. The summed E-state index contributed by atoms with van der Waals surface area (Å²) in [6.07, 6.45) is 4.21. The number of aryl methyl sites for hydroxylation is 1. The summed E-state index contributed by atoms with van der Waals surface area (Å²) in [6, 6.07) is 7.43. The Morgan fingerprint density at radius 2 is 1.95 bits per heavy atom. The third-order valence-corrected chi connectivity index (χ3v) is 4.49. The van der Waals surface area contributed by atoms with Crippen molar-refractivity contribution in [3.05, 3.63) is 35.4 Å². The lowest BCUT2D eigenvalue weighted by Gasteiger charge is -2.30. The van der Waals surface area contributed by atoms with E-state index >= 15 is 0 Å². The molecule has 1 N–H and O–H groups in total. The summed E-state index contributed by atoms with van der Waals surface area (Å²) < 4.78 is 0. The van der Waals surface area contributed by atoms with Gasteiger partial charge < -0.3 is 10.0 Å². The second-order valence-electron chi connectivity index (χ2n) is 5.67. The Balaban J connectivity index is 1.87. The number of carboxylic acids is 1. The van der Waals surface area contributed by atoms with Gasteiger partial charge in [0, 0.05) is 6.54 Å². The molecule has 1 aromatic rings. The number of carboxylic acid groups (broad SMARTS) is 1. The fraction of sp³-hybridized carbons (Fsp3) is 0.500. The molecule has 3 rings (SSSR count). The molecule has 0 spiro atoms. The van der Waals surface area contributed by atoms with Crippen LogP contribution in [-0.2, 0) is 16.0 Å². The van der Waals surface area contributed by atoms with Gasteiger partial charge in [0.15, 0.2) is 0 Å². The smallest absolute Gasteiger partial charge is 0.326 e. The lowest BCUT2D eigenvalue weighted by Crippen LogP contribution is -2.43. The Hall–Kier alpha value is -1.84. The van der Waals surface area contributed by atoms with E-state index in [1.54, 1.807) is 4.90 Å². The highest BCUT2D eigenvalue weighted by molar-refractivity contribution is 5.89. The number of benzene rings is 1. The van der Waals surface area contributed by atoms with Gasteiger partial charge in [-0.15, -0.1) is 0 Å². The lowest BCUT2D eigenvalue weighted by molar-refractivity contribution is -0.148. The molecule has 1 aliphatic heterocycles. The van der Waals surface area contributed by atoms with Crippen LogP contribution in [-0.4, -0.2) is 34.5 Å². The van der Waals surface area contributed by atoms with Gasteiger partial charge in [-0.05, 0) is 43.2 Å². The Kier molecular flexibility index (Phi) is 3.47. The molecule has 1 fully saturated rings. The van der Waals surface area contributed by atoms with Gasteiger partial charge in [0.2, 0.25) is 5.91 Å². The van der Waals surface area contributed by atoms with Gasteiger partial charge in [-0.1, -0.05) is 24.3 Å². The largest absolute Gasteiger partial charge is 0.480 e. The molecule has 1 heterocycles. The van der Waals surface area contributed by atoms with Crippen LogP contribution >= 0.6 is 0 Å². The number of carbonyl (C=O) groups excluding carboxylic acids is 1. The number of rotatable bonds is 2. The Labute approximate surface area is 118 Å². The van der Waals surface area contributed by atoms with Crippen molar-refractivity contribution < 1.29 is 14.7 Å². The van der Waals surface area contributed by atoms with Gasteiger partial charge in [-0.25, -0.2) is 4.79 Å². The van der Waals surface area contributed by atoms with Crippen LogP contribution in [0.1, 0.15) is 42.7 Å². The zero-order valence-corrected chi connectivity index (χ0v) is 11.4. The van der Waals surface area contributed by atoms with Crippen molar-refractivity contribution in [1.82, 2.24) is 4.90 Å². The molecular weight excluding hydrogens is 254 g/mol. The highest BCUT2D eigenvalue weighted by atomic mass is 16.4. The predicted octanol–water partition coefficient (Wildman–Crippen LogP) is 2.18. The van der Waals surface area contributed by atoms with E-state index in [-0.39, 0.29) is 11.8 Å². The molecule has 0 aromatic heterocycles. The van der Waals surface area contributed by atoms with Gasteiger partial charge in [0.1, 0.15) is 6.04 Å². The van der Waals surface area contributed by atoms with Crippen LogP contribution in [0.3, 0.4) is 0 Å². The second kappa shape index (κ2) is 5.27. The molecule has 0 saturated carbocycles. The van der Waals surface area contributed by atoms with Crippen LogP contribution in [0.15, 0.2) is 24.3 Å². The van der Waals surface area contributed by atoms with E-state index in [9.17, 15) is 14.7 Å². The van der Waals surface area contributed by atoms with Crippen LogP contribution < -0.4 is 0 Å². The normalized spacial score (nSPS) is 25.3. The minimum atomic E-state index is -0.875. The monoisotopic (exact) mass is 273 g/mol. The van der Waals surface area contributed by atoms with Crippen LogP contribution in [0.25, 0.3) is 0 Å². The van der Waals surface area contributed by atoms with E-state index in [2.05, 4.69) is 6.07 Å². The Bertz CT molecular complexity index is 540. The lowest BCUT2D eigenvalue weighted by atomic mass is 9.82. The van der Waals surface area contributed by atoms with E-state index in [4.69, 9.17) is 0 Å². The molecule has 1 aromatic carbocycles. The van der Waals surface area contributed by atoms with Gasteiger partial charge in [-0.3, -0.25) is 4.79 Å². The van der Waals surface area contributed by atoms with E-state index in [0.717, 1.165) is 31.2 Å². The number of fused-ring (bicyclic) bond motifs is 1. The molecule has 1 unspecified atom stereocenters. The quantitative estimate of drug-likeness (QED) is 0.898.